The first-order valence-electron chi connectivity index (χ1n) is 3.86. The second kappa shape index (κ2) is 4.58. The molecule has 0 radical (unpaired) electrons. The van der Waals surface area contributed by atoms with Gasteiger partial charge in [-0.05, 0) is 11.8 Å². The third-order valence-corrected chi connectivity index (χ3v) is 4.55. The van der Waals surface area contributed by atoms with Gasteiger partial charge in [-0.3, -0.25) is 0 Å². The van der Waals surface area contributed by atoms with Crippen LogP contribution in [0.5, 0.6) is 0 Å². The van der Waals surface area contributed by atoms with E-state index < -0.39 is 10.0 Å². The van der Waals surface area contributed by atoms with Gasteiger partial charge in [0.2, 0.25) is 10.0 Å². The van der Waals surface area contributed by atoms with Crippen molar-refractivity contribution in [2.45, 2.75) is 27.2 Å². The zero-order valence-corrected chi connectivity index (χ0v) is 10.1. The SMILES string of the molecule is CCC(C)(C)CNS(=O)(=O)CBr. The highest BCUT2D eigenvalue weighted by Gasteiger charge is 2.18. The lowest BCUT2D eigenvalue weighted by molar-refractivity contribution is 0.350. The van der Waals surface area contributed by atoms with Gasteiger partial charge in [0, 0.05) is 6.54 Å². The van der Waals surface area contributed by atoms with E-state index in [2.05, 4.69) is 20.7 Å². The molecule has 0 amide bonds. The van der Waals surface area contributed by atoms with Crippen LogP contribution >= 0.6 is 15.9 Å². The standard InChI is InChI=1S/C7H16BrNO2S/c1-4-7(2,3)5-9-12(10,11)6-8/h9H,4-6H2,1-3H3. The van der Waals surface area contributed by atoms with E-state index >= 15 is 0 Å². The fourth-order valence-electron chi connectivity index (χ4n) is 0.469. The Bertz CT molecular complexity index is 224. The van der Waals surface area contributed by atoms with Crippen LogP contribution < -0.4 is 4.72 Å². The van der Waals surface area contributed by atoms with Gasteiger partial charge in [-0.15, -0.1) is 0 Å². The Balaban J connectivity index is 4.00. The predicted molar refractivity (Wildman–Crippen MR) is 54.8 cm³/mol. The summed E-state index contributed by atoms with van der Waals surface area (Å²) < 4.78 is 24.5. The van der Waals surface area contributed by atoms with Gasteiger partial charge in [0.1, 0.15) is 4.66 Å². The molecule has 0 fully saturated rings. The molecule has 0 spiro atoms. The average molecular weight is 258 g/mol. The van der Waals surface area contributed by atoms with Gasteiger partial charge in [0.05, 0.1) is 0 Å². The highest BCUT2D eigenvalue weighted by Crippen LogP contribution is 2.18. The van der Waals surface area contributed by atoms with Crippen LogP contribution in [0, 0.1) is 5.41 Å². The molecule has 5 heteroatoms. The van der Waals surface area contributed by atoms with Crippen molar-refractivity contribution in [1.82, 2.24) is 4.72 Å². The first kappa shape index (κ1) is 12.4. The summed E-state index contributed by atoms with van der Waals surface area (Å²) in [6, 6.07) is 0. The molecule has 0 aromatic rings. The Morgan fingerprint density at radius 3 is 2.25 bits per heavy atom. The Morgan fingerprint density at radius 1 is 1.42 bits per heavy atom. The van der Waals surface area contributed by atoms with E-state index in [0.717, 1.165) is 6.42 Å². The second-order valence-corrected chi connectivity index (χ2v) is 6.67. The summed E-state index contributed by atoms with van der Waals surface area (Å²) in [5, 5.41) is 0. The quantitative estimate of drug-likeness (QED) is 0.763. The highest BCUT2D eigenvalue weighted by molar-refractivity contribution is 9.10. The molecule has 0 bridgehead atoms. The number of alkyl halides is 1. The van der Waals surface area contributed by atoms with Crippen LogP contribution in [0.15, 0.2) is 0 Å². The zero-order valence-electron chi connectivity index (χ0n) is 7.72. The number of hydrogen-bond donors (Lipinski definition) is 1. The van der Waals surface area contributed by atoms with Crippen LogP contribution in [0.4, 0.5) is 0 Å². The number of hydrogen-bond acceptors (Lipinski definition) is 2. The molecule has 0 aliphatic carbocycles. The molecule has 1 N–H and O–H groups in total. The molecule has 0 heterocycles. The lowest BCUT2D eigenvalue weighted by Gasteiger charge is -2.22. The second-order valence-electron chi connectivity index (χ2n) is 3.56. The zero-order chi connectivity index (χ0) is 9.83. The molecule has 0 atom stereocenters. The normalized spacial score (nSPS) is 13.3. The molecule has 0 saturated heterocycles. The monoisotopic (exact) mass is 257 g/mol. The molecule has 12 heavy (non-hydrogen) atoms. The van der Waals surface area contributed by atoms with Crippen LogP contribution in [0.25, 0.3) is 0 Å². The first-order chi connectivity index (χ1) is 5.33. The maximum absolute atomic E-state index is 11.0. The average Bonchev–Trinajstić information content (AvgIpc) is 2.02. The lowest BCUT2D eigenvalue weighted by Crippen LogP contribution is -2.34. The van der Waals surface area contributed by atoms with Gasteiger partial charge in [0.15, 0.2) is 0 Å². The van der Waals surface area contributed by atoms with E-state index in [1.54, 1.807) is 0 Å². The Labute approximate surface area is 83.1 Å². The van der Waals surface area contributed by atoms with Crippen molar-refractivity contribution >= 4 is 26.0 Å². The molecule has 3 nitrogen and oxygen atoms in total. The number of rotatable bonds is 5. The largest absolute Gasteiger partial charge is 0.221 e. The summed E-state index contributed by atoms with van der Waals surface area (Å²) in [5.74, 6) is 0. The maximum Gasteiger partial charge on any atom is 0.221 e. The van der Waals surface area contributed by atoms with Crippen molar-refractivity contribution in [1.29, 1.82) is 0 Å². The summed E-state index contributed by atoms with van der Waals surface area (Å²) in [4.78, 5) is 0. The molecule has 0 aliphatic heterocycles. The Kier molecular flexibility index (Phi) is 4.73. The van der Waals surface area contributed by atoms with Crippen molar-refractivity contribution < 1.29 is 8.42 Å². The minimum absolute atomic E-state index is 0.0280. The fourth-order valence-corrected chi connectivity index (χ4v) is 1.64. The lowest BCUT2D eigenvalue weighted by atomic mass is 9.91. The molecule has 74 valence electrons. The fraction of sp³-hybridized carbons (Fsp3) is 1.00. The van der Waals surface area contributed by atoms with Crippen LogP contribution in [-0.4, -0.2) is 19.6 Å². The van der Waals surface area contributed by atoms with Gasteiger partial charge in [-0.2, -0.15) is 0 Å². The molecular weight excluding hydrogens is 242 g/mol. The molecule has 0 rings (SSSR count). The summed E-state index contributed by atoms with van der Waals surface area (Å²) in [6.07, 6.45) is 0.956. The summed E-state index contributed by atoms with van der Waals surface area (Å²) in [6.45, 7) is 6.60. The minimum atomic E-state index is -3.10. The van der Waals surface area contributed by atoms with Crippen LogP contribution in [0.1, 0.15) is 27.2 Å². The van der Waals surface area contributed by atoms with Crippen molar-refractivity contribution in [3.63, 3.8) is 0 Å². The van der Waals surface area contributed by atoms with E-state index in [-0.39, 0.29) is 10.1 Å². The van der Waals surface area contributed by atoms with Crippen molar-refractivity contribution in [3.8, 4) is 0 Å². The highest BCUT2D eigenvalue weighted by atomic mass is 79.9. The van der Waals surface area contributed by atoms with Crippen molar-refractivity contribution in [2.24, 2.45) is 5.41 Å². The van der Waals surface area contributed by atoms with Crippen molar-refractivity contribution in [2.75, 3.05) is 11.2 Å². The maximum atomic E-state index is 11.0. The number of nitrogens with one attached hydrogen (secondary N) is 1. The van der Waals surface area contributed by atoms with Gasteiger partial charge >= 0.3 is 0 Å². The van der Waals surface area contributed by atoms with E-state index in [9.17, 15) is 8.42 Å². The smallest absolute Gasteiger partial charge is 0.214 e. The van der Waals surface area contributed by atoms with Gasteiger partial charge in [-0.1, -0.05) is 36.7 Å². The summed E-state index contributed by atoms with van der Waals surface area (Å²) in [7, 11) is -3.10. The minimum Gasteiger partial charge on any atom is -0.214 e. The number of halogens is 1. The van der Waals surface area contributed by atoms with Gasteiger partial charge < -0.3 is 0 Å². The van der Waals surface area contributed by atoms with Gasteiger partial charge in [-0.25, -0.2) is 13.1 Å². The van der Waals surface area contributed by atoms with E-state index in [1.165, 1.54) is 0 Å². The molecule has 0 unspecified atom stereocenters. The van der Waals surface area contributed by atoms with E-state index in [1.807, 2.05) is 20.8 Å². The van der Waals surface area contributed by atoms with E-state index in [4.69, 9.17) is 0 Å². The number of sulfonamides is 1. The third-order valence-electron chi connectivity index (χ3n) is 1.87. The topological polar surface area (TPSA) is 46.2 Å². The third kappa shape index (κ3) is 5.11. The van der Waals surface area contributed by atoms with E-state index in [0.29, 0.717) is 6.54 Å². The van der Waals surface area contributed by atoms with Crippen LogP contribution in [-0.2, 0) is 10.0 Å². The molecule has 0 aromatic carbocycles. The van der Waals surface area contributed by atoms with Crippen LogP contribution in [0.3, 0.4) is 0 Å². The summed E-state index contributed by atoms with van der Waals surface area (Å²) >= 11 is 2.91. The predicted octanol–water partition coefficient (Wildman–Crippen LogP) is 1.69. The first-order valence-corrected chi connectivity index (χ1v) is 6.63. The summed E-state index contributed by atoms with van der Waals surface area (Å²) in [5.41, 5.74) is 0.0369. The van der Waals surface area contributed by atoms with Gasteiger partial charge in [0.25, 0.3) is 0 Å². The molecular formula is C7H16BrNO2S. The Hall–Kier alpha value is 0.390. The molecule has 0 aliphatic rings. The molecule has 0 saturated carbocycles. The van der Waals surface area contributed by atoms with Crippen molar-refractivity contribution in [3.05, 3.63) is 0 Å². The Morgan fingerprint density at radius 2 is 1.92 bits per heavy atom. The molecule has 0 aromatic heterocycles. The van der Waals surface area contributed by atoms with Crippen LogP contribution in [0.2, 0.25) is 0 Å².